The van der Waals surface area contributed by atoms with Gasteiger partial charge < -0.3 is 20.8 Å². The van der Waals surface area contributed by atoms with E-state index in [4.69, 9.17) is 19.8 Å². The Balaban J connectivity index is 0.000000592. The number of nitrogens with one attached hydrogen (secondary N) is 2. The highest BCUT2D eigenvalue weighted by Gasteiger charge is 2.30. The number of carbonyl (C=O) groups excluding carboxylic acids is 4. The molecule has 12 heteroatoms. The first-order chi connectivity index (χ1) is 20.9. The molecule has 2 fully saturated rings. The van der Waals surface area contributed by atoms with E-state index in [9.17, 15) is 19.2 Å². The summed E-state index contributed by atoms with van der Waals surface area (Å²) in [5.74, 6) is -2.45. The molecule has 0 unspecified atom stereocenters. The fourth-order valence-electron chi connectivity index (χ4n) is 5.35. The molecule has 12 nitrogen and oxygen atoms in total. The number of benzene rings is 2. The summed E-state index contributed by atoms with van der Waals surface area (Å²) in [6.45, 7) is 6.48. The van der Waals surface area contributed by atoms with Crippen LogP contribution in [-0.2, 0) is 19.2 Å². The second-order valence-electron chi connectivity index (χ2n) is 11.0. The molecule has 1 aliphatic carbocycles. The lowest BCUT2D eigenvalue weighted by Crippen LogP contribution is -2.37. The standard InChI is InChI=1S/C28H32N4O4.2C2H4O2/c33-25(17-31-11-3-1-4-12-31)29-19-7-9-21-23(15-19)27(35)22-10-8-20(16-24(22)28(21)36)30-26(34)18-32-13-5-2-6-14-32;2*1-2(3)4/h7-10,15-16H,1-6,11-14,17-18H2,(H,29,33)(H,30,34);2*1H3,(H,3,4). The van der Waals surface area contributed by atoms with E-state index in [1.807, 2.05) is 0 Å². The van der Waals surface area contributed by atoms with Crippen LogP contribution in [0.1, 0.15) is 84.2 Å². The molecule has 0 spiro atoms. The topological polar surface area (TPSA) is 173 Å². The average molecular weight is 609 g/mol. The van der Waals surface area contributed by atoms with Crippen LogP contribution in [0.15, 0.2) is 36.4 Å². The summed E-state index contributed by atoms with van der Waals surface area (Å²) in [7, 11) is 0. The predicted octanol–water partition coefficient (Wildman–Crippen LogP) is 3.49. The Bertz CT molecular complexity index is 1280. The molecule has 5 rings (SSSR count). The molecular formula is C32H40N4O8. The molecule has 0 radical (unpaired) electrons. The number of rotatable bonds is 6. The first-order valence-electron chi connectivity index (χ1n) is 14.8. The van der Waals surface area contributed by atoms with Gasteiger partial charge in [0.2, 0.25) is 11.8 Å². The van der Waals surface area contributed by atoms with Crippen molar-refractivity contribution in [1.82, 2.24) is 9.80 Å². The Kier molecular flexibility index (Phi) is 12.7. The van der Waals surface area contributed by atoms with Gasteiger partial charge in [-0.15, -0.1) is 0 Å². The number of carbonyl (C=O) groups is 6. The minimum atomic E-state index is -0.833. The molecule has 0 bridgehead atoms. The highest BCUT2D eigenvalue weighted by molar-refractivity contribution is 6.29. The molecule has 44 heavy (non-hydrogen) atoms. The maximum Gasteiger partial charge on any atom is 0.300 e. The number of amides is 2. The summed E-state index contributed by atoms with van der Waals surface area (Å²) in [6.07, 6.45) is 6.82. The molecule has 0 atom stereocenters. The number of aliphatic carboxylic acids is 2. The third-order valence-corrected chi connectivity index (χ3v) is 7.22. The molecule has 2 aliphatic heterocycles. The summed E-state index contributed by atoms with van der Waals surface area (Å²) in [6, 6.07) is 9.68. The summed E-state index contributed by atoms with van der Waals surface area (Å²) in [4.78, 5) is 73.7. The summed E-state index contributed by atoms with van der Waals surface area (Å²) in [5, 5.41) is 20.6. The van der Waals surface area contributed by atoms with Gasteiger partial charge in [-0.25, -0.2) is 0 Å². The van der Waals surface area contributed by atoms with Crippen LogP contribution in [0.3, 0.4) is 0 Å². The second kappa shape index (κ2) is 16.4. The molecule has 0 saturated carbocycles. The SMILES string of the molecule is CC(=O)O.CC(=O)O.O=C(CN1CCCCC1)Nc1ccc2c(c1)C(=O)c1ccc(NC(=O)CN3CCCCC3)cc1C2=O. The van der Waals surface area contributed by atoms with Crippen molar-refractivity contribution in [3.63, 3.8) is 0 Å². The zero-order valence-corrected chi connectivity index (χ0v) is 25.2. The van der Waals surface area contributed by atoms with Crippen LogP contribution in [0, 0.1) is 0 Å². The number of anilines is 2. The van der Waals surface area contributed by atoms with Crippen LogP contribution in [0.2, 0.25) is 0 Å². The highest BCUT2D eigenvalue weighted by Crippen LogP contribution is 2.31. The van der Waals surface area contributed by atoms with Crippen molar-refractivity contribution in [2.45, 2.75) is 52.4 Å². The van der Waals surface area contributed by atoms with Gasteiger partial charge >= 0.3 is 0 Å². The molecule has 4 N–H and O–H groups in total. The number of ketones is 2. The fraction of sp³-hybridized carbons (Fsp3) is 0.438. The van der Waals surface area contributed by atoms with E-state index in [0.29, 0.717) is 35.6 Å². The quantitative estimate of drug-likeness (QED) is 0.324. The zero-order valence-electron chi connectivity index (χ0n) is 25.2. The first-order valence-corrected chi connectivity index (χ1v) is 14.8. The number of carboxylic acid groups (broad SMARTS) is 2. The minimum absolute atomic E-state index is 0.128. The molecule has 0 aromatic heterocycles. The van der Waals surface area contributed by atoms with Crippen molar-refractivity contribution < 1.29 is 39.0 Å². The molecule has 2 amide bonds. The maximum atomic E-state index is 13.2. The minimum Gasteiger partial charge on any atom is -0.481 e. The van der Waals surface area contributed by atoms with Crippen molar-refractivity contribution in [3.05, 3.63) is 58.7 Å². The van der Waals surface area contributed by atoms with Gasteiger partial charge in [0, 0.05) is 47.5 Å². The maximum absolute atomic E-state index is 13.2. The molecule has 2 heterocycles. The number of hydrogen-bond donors (Lipinski definition) is 4. The summed E-state index contributed by atoms with van der Waals surface area (Å²) < 4.78 is 0. The lowest BCUT2D eigenvalue weighted by Gasteiger charge is -2.26. The van der Waals surface area contributed by atoms with Crippen molar-refractivity contribution in [1.29, 1.82) is 0 Å². The Morgan fingerprint density at radius 3 is 1.23 bits per heavy atom. The van der Waals surface area contributed by atoms with Crippen LogP contribution >= 0.6 is 0 Å². The number of hydrogen-bond acceptors (Lipinski definition) is 8. The van der Waals surface area contributed by atoms with E-state index < -0.39 is 11.9 Å². The first kappa shape index (κ1) is 34.1. The van der Waals surface area contributed by atoms with Crippen LogP contribution in [-0.4, -0.2) is 94.6 Å². The van der Waals surface area contributed by atoms with Crippen molar-refractivity contribution in [2.24, 2.45) is 0 Å². The highest BCUT2D eigenvalue weighted by atomic mass is 16.4. The monoisotopic (exact) mass is 608 g/mol. The van der Waals surface area contributed by atoms with Crippen molar-refractivity contribution in [2.75, 3.05) is 49.9 Å². The number of likely N-dealkylation sites (tertiary alicyclic amines) is 2. The van der Waals surface area contributed by atoms with E-state index in [-0.39, 0.29) is 34.5 Å². The van der Waals surface area contributed by atoms with Gasteiger partial charge in [-0.05, 0) is 88.3 Å². The Morgan fingerprint density at radius 1 is 0.591 bits per heavy atom. The summed E-state index contributed by atoms with van der Waals surface area (Å²) >= 11 is 0. The third kappa shape index (κ3) is 10.4. The van der Waals surface area contributed by atoms with E-state index in [0.717, 1.165) is 65.7 Å². The molecular weight excluding hydrogens is 568 g/mol. The van der Waals surface area contributed by atoms with Gasteiger partial charge in [-0.1, -0.05) is 12.8 Å². The summed E-state index contributed by atoms with van der Waals surface area (Å²) in [5.41, 5.74) is 2.18. The Morgan fingerprint density at radius 2 is 0.909 bits per heavy atom. The van der Waals surface area contributed by atoms with E-state index in [1.54, 1.807) is 36.4 Å². The third-order valence-electron chi connectivity index (χ3n) is 7.22. The van der Waals surface area contributed by atoms with Gasteiger partial charge in [0.05, 0.1) is 13.1 Å². The van der Waals surface area contributed by atoms with E-state index >= 15 is 0 Å². The van der Waals surface area contributed by atoms with Crippen LogP contribution in [0.5, 0.6) is 0 Å². The molecule has 2 aromatic rings. The largest absolute Gasteiger partial charge is 0.481 e. The van der Waals surface area contributed by atoms with Crippen LogP contribution in [0.4, 0.5) is 11.4 Å². The van der Waals surface area contributed by atoms with Gasteiger partial charge in [0.25, 0.3) is 11.9 Å². The van der Waals surface area contributed by atoms with E-state index in [1.165, 1.54) is 12.8 Å². The lowest BCUT2D eigenvalue weighted by molar-refractivity contribution is -0.135. The van der Waals surface area contributed by atoms with Crippen molar-refractivity contribution in [3.8, 4) is 0 Å². The van der Waals surface area contributed by atoms with Gasteiger partial charge in [0.15, 0.2) is 11.6 Å². The fourth-order valence-corrected chi connectivity index (χ4v) is 5.35. The van der Waals surface area contributed by atoms with Crippen LogP contribution < -0.4 is 10.6 Å². The van der Waals surface area contributed by atoms with Gasteiger partial charge in [-0.3, -0.25) is 38.6 Å². The van der Waals surface area contributed by atoms with Gasteiger partial charge in [-0.2, -0.15) is 0 Å². The number of piperidine rings is 2. The zero-order chi connectivity index (χ0) is 32.2. The Hall–Kier alpha value is -4.42. The molecule has 2 aromatic carbocycles. The number of nitrogens with zero attached hydrogens (tertiary/aromatic N) is 2. The average Bonchev–Trinajstić information content (AvgIpc) is 2.96. The van der Waals surface area contributed by atoms with Crippen LogP contribution in [0.25, 0.3) is 0 Å². The molecule has 3 aliphatic rings. The number of fused-ring (bicyclic) bond motifs is 2. The molecule has 2 saturated heterocycles. The lowest BCUT2D eigenvalue weighted by atomic mass is 9.83. The second-order valence-corrected chi connectivity index (χ2v) is 11.0. The van der Waals surface area contributed by atoms with Crippen molar-refractivity contribution >= 4 is 46.7 Å². The van der Waals surface area contributed by atoms with E-state index in [2.05, 4.69) is 20.4 Å². The predicted molar refractivity (Wildman–Crippen MR) is 164 cm³/mol. The number of carboxylic acids is 2. The smallest absolute Gasteiger partial charge is 0.300 e. The Labute approximate surface area is 256 Å². The normalized spacial score (nSPS) is 16.1. The van der Waals surface area contributed by atoms with Gasteiger partial charge in [0.1, 0.15) is 0 Å². The molecule has 236 valence electrons.